The summed E-state index contributed by atoms with van der Waals surface area (Å²) in [6.45, 7) is 1.79. The molecule has 0 saturated carbocycles. The summed E-state index contributed by atoms with van der Waals surface area (Å²) < 4.78 is 7.05. The summed E-state index contributed by atoms with van der Waals surface area (Å²) in [4.78, 5) is 20.9. The van der Waals surface area contributed by atoms with Gasteiger partial charge in [-0.05, 0) is 23.3 Å². The Hall–Kier alpha value is -3.48. The van der Waals surface area contributed by atoms with Gasteiger partial charge in [-0.2, -0.15) is 4.98 Å². The number of aromatic nitrogens is 3. The van der Waals surface area contributed by atoms with Gasteiger partial charge in [0.05, 0.1) is 18.9 Å². The van der Waals surface area contributed by atoms with E-state index in [1.165, 1.54) is 0 Å². The second kappa shape index (κ2) is 7.64. The van der Waals surface area contributed by atoms with Crippen molar-refractivity contribution < 1.29 is 9.53 Å². The van der Waals surface area contributed by atoms with Crippen molar-refractivity contribution in [3.8, 4) is 5.75 Å². The molecule has 2 heterocycles. The molecular weight excluding hydrogens is 354 g/mol. The minimum absolute atomic E-state index is 0.0756. The van der Waals surface area contributed by atoms with E-state index >= 15 is 0 Å². The van der Waals surface area contributed by atoms with Gasteiger partial charge in [0.15, 0.2) is 0 Å². The fourth-order valence-corrected chi connectivity index (χ4v) is 3.20. The van der Waals surface area contributed by atoms with Gasteiger partial charge < -0.3 is 4.74 Å². The highest BCUT2D eigenvalue weighted by molar-refractivity contribution is 6.02. The number of methoxy groups -OCH3 is 1. The number of benzene rings is 2. The Balaban J connectivity index is 1.76. The van der Waals surface area contributed by atoms with Gasteiger partial charge in [-0.25, -0.2) is 9.67 Å². The van der Waals surface area contributed by atoms with E-state index in [0.717, 1.165) is 22.6 Å². The van der Waals surface area contributed by atoms with E-state index in [0.29, 0.717) is 18.8 Å². The molecule has 1 aromatic heterocycles. The quantitative estimate of drug-likeness (QED) is 0.736. The summed E-state index contributed by atoms with van der Waals surface area (Å²) in [6, 6.07) is 17.9. The third kappa shape index (κ3) is 3.51. The lowest BCUT2D eigenvalue weighted by atomic mass is 9.96. The topological polar surface area (TPSA) is 81.4 Å². The molecule has 4 rings (SSSR count). The second-order valence-electron chi connectivity index (χ2n) is 6.50. The Morgan fingerprint density at radius 1 is 1.18 bits per heavy atom. The maximum absolute atomic E-state index is 11.8. The van der Waals surface area contributed by atoms with Gasteiger partial charge in [-0.15, -0.1) is 5.10 Å². The van der Waals surface area contributed by atoms with Crippen molar-refractivity contribution in [2.24, 2.45) is 4.99 Å². The number of ether oxygens (including phenoxy) is 1. The van der Waals surface area contributed by atoms with E-state index < -0.39 is 0 Å². The molecule has 0 saturated heterocycles. The van der Waals surface area contributed by atoms with Gasteiger partial charge in [-0.3, -0.25) is 10.1 Å². The summed E-state index contributed by atoms with van der Waals surface area (Å²) >= 11 is 0. The van der Waals surface area contributed by atoms with Gasteiger partial charge in [0.25, 0.3) is 11.9 Å². The van der Waals surface area contributed by atoms with Gasteiger partial charge in [0.1, 0.15) is 5.75 Å². The molecule has 1 aliphatic heterocycles. The number of amides is 1. The van der Waals surface area contributed by atoms with Crippen molar-refractivity contribution in [3.05, 3.63) is 65.7 Å². The van der Waals surface area contributed by atoms with Crippen LogP contribution in [0.2, 0.25) is 0 Å². The van der Waals surface area contributed by atoms with Crippen molar-refractivity contribution in [1.82, 2.24) is 14.8 Å². The zero-order valence-corrected chi connectivity index (χ0v) is 15.8. The van der Waals surface area contributed by atoms with E-state index in [1.54, 1.807) is 18.7 Å². The van der Waals surface area contributed by atoms with Crippen LogP contribution in [-0.4, -0.2) is 33.5 Å². The first-order valence-electron chi connectivity index (χ1n) is 9.21. The number of fused-ring (bicyclic) bond motifs is 1. The van der Waals surface area contributed by atoms with Crippen molar-refractivity contribution >= 4 is 23.5 Å². The predicted octanol–water partition coefficient (Wildman–Crippen LogP) is 3.75. The number of nitrogens with one attached hydrogen (secondary N) is 1. The number of aliphatic imine (C=N–C) groups is 1. The normalized spacial score (nSPS) is 15.5. The van der Waals surface area contributed by atoms with Crippen LogP contribution in [0, 0.1) is 0 Å². The average Bonchev–Trinajstić information content (AvgIpc) is 3.16. The highest BCUT2D eigenvalue weighted by Crippen LogP contribution is 2.34. The fraction of sp³-hybridized carbons (Fsp3) is 0.238. The number of hydrogen-bond donors (Lipinski definition) is 1. The molecule has 2 aromatic carbocycles. The van der Waals surface area contributed by atoms with Crippen molar-refractivity contribution in [1.29, 1.82) is 0 Å². The third-order valence-electron chi connectivity index (χ3n) is 4.71. The zero-order chi connectivity index (χ0) is 19.5. The molecule has 1 N–H and O–H groups in total. The van der Waals surface area contributed by atoms with E-state index in [2.05, 4.69) is 15.4 Å². The molecule has 0 radical (unpaired) electrons. The number of carbonyl (C=O) groups excluding carboxylic acids is 1. The molecule has 0 fully saturated rings. The summed E-state index contributed by atoms with van der Waals surface area (Å²) in [5.74, 6) is 1.43. The van der Waals surface area contributed by atoms with Crippen molar-refractivity contribution in [2.45, 2.75) is 25.8 Å². The maximum atomic E-state index is 11.8. The van der Waals surface area contributed by atoms with Gasteiger partial charge in [-0.1, -0.05) is 49.4 Å². The number of carbonyl (C=O) groups is 1. The molecule has 1 unspecified atom stereocenters. The molecule has 1 atom stereocenters. The largest absolute Gasteiger partial charge is 0.497 e. The Labute approximate surface area is 163 Å². The Morgan fingerprint density at radius 2 is 1.93 bits per heavy atom. The lowest BCUT2D eigenvalue weighted by molar-refractivity contribution is -0.115. The van der Waals surface area contributed by atoms with Crippen LogP contribution in [0.5, 0.6) is 5.75 Å². The second-order valence-corrected chi connectivity index (χ2v) is 6.50. The third-order valence-corrected chi connectivity index (χ3v) is 4.71. The van der Waals surface area contributed by atoms with Crippen LogP contribution < -0.4 is 10.1 Å². The van der Waals surface area contributed by atoms with E-state index in [1.807, 2.05) is 54.6 Å². The highest BCUT2D eigenvalue weighted by atomic mass is 16.5. The Morgan fingerprint density at radius 3 is 2.61 bits per heavy atom. The molecule has 7 nitrogen and oxygen atoms in total. The molecule has 3 aromatic rings. The van der Waals surface area contributed by atoms with Crippen LogP contribution >= 0.6 is 0 Å². The number of anilines is 1. The van der Waals surface area contributed by atoms with Crippen LogP contribution in [0.3, 0.4) is 0 Å². The van der Waals surface area contributed by atoms with Crippen molar-refractivity contribution in [2.75, 3.05) is 12.4 Å². The zero-order valence-electron chi connectivity index (χ0n) is 15.8. The number of nitrogens with zero attached hydrogens (tertiary/aromatic N) is 4. The summed E-state index contributed by atoms with van der Waals surface area (Å²) in [6.07, 6.45) is 1.04. The molecule has 7 heteroatoms. The number of hydrogen-bond acceptors (Lipinski definition) is 5. The monoisotopic (exact) mass is 375 g/mol. The first kappa shape index (κ1) is 17.9. The Kier molecular flexibility index (Phi) is 4.89. The van der Waals surface area contributed by atoms with E-state index in [9.17, 15) is 4.79 Å². The molecule has 1 aliphatic rings. The molecule has 0 aliphatic carbocycles. The number of rotatable bonds is 5. The molecule has 142 valence electrons. The van der Waals surface area contributed by atoms with Crippen LogP contribution in [0.15, 0.2) is 59.6 Å². The van der Waals surface area contributed by atoms with E-state index in [-0.39, 0.29) is 17.9 Å². The summed E-state index contributed by atoms with van der Waals surface area (Å²) in [5.41, 5.74) is 3.06. The lowest BCUT2D eigenvalue weighted by Gasteiger charge is -2.23. The SMILES string of the molecule is CCC(=O)Nc1nc2n(n1)C(c1ccc(OC)cc1)CC(c1ccccc1)=N2. The molecule has 0 spiro atoms. The fourth-order valence-electron chi connectivity index (χ4n) is 3.20. The summed E-state index contributed by atoms with van der Waals surface area (Å²) in [7, 11) is 1.65. The highest BCUT2D eigenvalue weighted by Gasteiger charge is 2.28. The van der Waals surface area contributed by atoms with Crippen LogP contribution in [0.25, 0.3) is 0 Å². The van der Waals surface area contributed by atoms with Crippen molar-refractivity contribution in [3.63, 3.8) is 0 Å². The van der Waals surface area contributed by atoms with Gasteiger partial charge >= 0.3 is 0 Å². The predicted molar refractivity (Wildman–Crippen MR) is 107 cm³/mol. The first-order chi connectivity index (χ1) is 13.7. The van der Waals surface area contributed by atoms with Crippen LogP contribution in [0.1, 0.15) is 36.9 Å². The standard InChI is InChI=1S/C21H21N5O2/c1-3-19(27)23-20-24-21-22-17(14-7-5-4-6-8-14)13-18(26(21)25-20)15-9-11-16(28-2)12-10-15/h4-12,18H,3,13H2,1-2H3,(H,23,25,27). The maximum Gasteiger partial charge on any atom is 0.250 e. The average molecular weight is 375 g/mol. The smallest absolute Gasteiger partial charge is 0.250 e. The van der Waals surface area contributed by atoms with Gasteiger partial charge in [0, 0.05) is 12.8 Å². The van der Waals surface area contributed by atoms with Gasteiger partial charge in [0.2, 0.25) is 5.91 Å². The molecular formula is C21H21N5O2. The molecule has 28 heavy (non-hydrogen) atoms. The van der Waals surface area contributed by atoms with E-state index in [4.69, 9.17) is 9.73 Å². The first-order valence-corrected chi connectivity index (χ1v) is 9.21. The molecule has 0 bridgehead atoms. The Bertz CT molecular complexity index is 1010. The lowest BCUT2D eigenvalue weighted by Crippen LogP contribution is -2.21. The summed E-state index contributed by atoms with van der Waals surface area (Å²) in [5, 5.41) is 7.22. The molecule has 1 amide bonds. The minimum Gasteiger partial charge on any atom is -0.497 e. The minimum atomic E-state index is -0.129. The van der Waals surface area contributed by atoms with Crippen LogP contribution in [0.4, 0.5) is 11.9 Å². The van der Waals surface area contributed by atoms with Crippen LogP contribution in [-0.2, 0) is 4.79 Å².